The Morgan fingerprint density at radius 1 is 1.14 bits per heavy atom. The summed E-state index contributed by atoms with van der Waals surface area (Å²) in [6.07, 6.45) is 1.03. The number of benzene rings is 2. The van der Waals surface area contributed by atoms with Gasteiger partial charge in [0.15, 0.2) is 5.78 Å². The van der Waals surface area contributed by atoms with Crippen LogP contribution in [0.5, 0.6) is 5.75 Å². The van der Waals surface area contributed by atoms with Gasteiger partial charge in [0, 0.05) is 23.4 Å². The van der Waals surface area contributed by atoms with Crippen LogP contribution in [0.15, 0.2) is 30.3 Å². The smallest absolute Gasteiger partial charge is 0.193 e. The average molecular weight is 281 g/mol. The Bertz CT molecular complexity index is 719. The van der Waals surface area contributed by atoms with E-state index in [4.69, 9.17) is 4.74 Å². The van der Waals surface area contributed by atoms with Gasteiger partial charge in [0.05, 0.1) is 7.11 Å². The lowest BCUT2D eigenvalue weighted by Gasteiger charge is -2.11. The van der Waals surface area contributed by atoms with Gasteiger partial charge in [0.1, 0.15) is 5.75 Å². The van der Waals surface area contributed by atoms with Crippen LogP contribution in [0.1, 0.15) is 32.6 Å². The molecule has 0 unspecified atom stereocenters. The Kier molecular flexibility index (Phi) is 3.42. The number of carbonyl (C=O) groups excluding carboxylic acids is 1. The molecular weight excluding hydrogens is 262 g/mol. The van der Waals surface area contributed by atoms with E-state index in [0.717, 1.165) is 46.7 Å². The molecule has 0 amide bonds. The molecule has 2 aromatic carbocycles. The van der Waals surface area contributed by atoms with E-state index in [1.165, 1.54) is 5.56 Å². The lowest BCUT2D eigenvalue weighted by atomic mass is 9.95. The summed E-state index contributed by atoms with van der Waals surface area (Å²) in [5, 5.41) is 3.32. The molecule has 0 saturated carbocycles. The van der Waals surface area contributed by atoms with Crippen LogP contribution in [0.4, 0.5) is 5.69 Å². The zero-order valence-corrected chi connectivity index (χ0v) is 12.6. The second-order valence-corrected chi connectivity index (χ2v) is 5.51. The molecule has 21 heavy (non-hydrogen) atoms. The molecule has 0 aliphatic carbocycles. The average Bonchev–Trinajstić information content (AvgIpc) is 2.95. The number of rotatable bonds is 3. The summed E-state index contributed by atoms with van der Waals surface area (Å²) in [5.74, 6) is 0.884. The van der Waals surface area contributed by atoms with Crippen molar-refractivity contribution < 1.29 is 9.53 Å². The number of ether oxygens (including phenoxy) is 1. The van der Waals surface area contributed by atoms with Gasteiger partial charge in [0.25, 0.3) is 0 Å². The van der Waals surface area contributed by atoms with E-state index < -0.39 is 0 Å². The third-order valence-corrected chi connectivity index (χ3v) is 4.07. The van der Waals surface area contributed by atoms with Crippen LogP contribution in [0.25, 0.3) is 0 Å². The number of nitrogens with one attached hydrogen (secondary N) is 1. The Balaban J connectivity index is 2.01. The van der Waals surface area contributed by atoms with Gasteiger partial charge in [-0.1, -0.05) is 12.1 Å². The highest BCUT2D eigenvalue weighted by Crippen LogP contribution is 2.27. The normalized spacial score (nSPS) is 12.7. The molecule has 0 spiro atoms. The van der Waals surface area contributed by atoms with Gasteiger partial charge < -0.3 is 10.1 Å². The number of anilines is 1. The Hall–Kier alpha value is -2.29. The third-order valence-electron chi connectivity index (χ3n) is 4.07. The minimum absolute atomic E-state index is 0.0646. The highest BCUT2D eigenvalue weighted by atomic mass is 16.5. The topological polar surface area (TPSA) is 38.3 Å². The van der Waals surface area contributed by atoms with Gasteiger partial charge in [-0.25, -0.2) is 0 Å². The van der Waals surface area contributed by atoms with Crippen LogP contribution in [0.2, 0.25) is 0 Å². The predicted molar refractivity (Wildman–Crippen MR) is 84.5 cm³/mol. The van der Waals surface area contributed by atoms with Crippen molar-refractivity contribution in [2.24, 2.45) is 0 Å². The van der Waals surface area contributed by atoms with Gasteiger partial charge in [-0.2, -0.15) is 0 Å². The fourth-order valence-electron chi connectivity index (χ4n) is 2.84. The number of methoxy groups -OCH3 is 1. The van der Waals surface area contributed by atoms with E-state index in [9.17, 15) is 4.79 Å². The number of ketones is 1. The number of hydrogen-bond acceptors (Lipinski definition) is 3. The first-order valence-corrected chi connectivity index (χ1v) is 7.17. The first kappa shape index (κ1) is 13.7. The standard InChI is InChI=1S/C18H19NO2/c1-11-9-17(21-3)12(2)8-15(11)18(20)14-5-4-13-6-7-19-16(13)10-14/h4-5,8-10,19H,6-7H2,1-3H3. The maximum atomic E-state index is 12.8. The molecule has 1 aliphatic heterocycles. The van der Waals surface area contributed by atoms with E-state index >= 15 is 0 Å². The monoisotopic (exact) mass is 281 g/mol. The summed E-state index contributed by atoms with van der Waals surface area (Å²) in [7, 11) is 1.65. The molecule has 108 valence electrons. The Morgan fingerprint density at radius 2 is 1.95 bits per heavy atom. The van der Waals surface area contributed by atoms with Crippen molar-refractivity contribution in [3.8, 4) is 5.75 Å². The van der Waals surface area contributed by atoms with Crippen molar-refractivity contribution in [1.82, 2.24) is 0 Å². The molecule has 0 bridgehead atoms. The predicted octanol–water partition coefficient (Wildman–Crippen LogP) is 3.51. The van der Waals surface area contributed by atoms with Gasteiger partial charge in [-0.3, -0.25) is 4.79 Å². The summed E-state index contributed by atoms with van der Waals surface area (Å²) >= 11 is 0. The fraction of sp³-hybridized carbons (Fsp3) is 0.278. The van der Waals surface area contributed by atoms with E-state index in [2.05, 4.69) is 5.32 Å². The first-order chi connectivity index (χ1) is 10.1. The molecule has 0 aromatic heterocycles. The van der Waals surface area contributed by atoms with Gasteiger partial charge in [-0.05, 0) is 55.2 Å². The zero-order valence-electron chi connectivity index (χ0n) is 12.6. The summed E-state index contributed by atoms with van der Waals surface area (Å²) in [4.78, 5) is 12.8. The fourth-order valence-corrected chi connectivity index (χ4v) is 2.84. The molecule has 1 heterocycles. The quantitative estimate of drug-likeness (QED) is 0.875. The minimum atomic E-state index is 0.0646. The molecule has 3 heteroatoms. The van der Waals surface area contributed by atoms with E-state index in [-0.39, 0.29) is 5.78 Å². The lowest BCUT2D eigenvalue weighted by Crippen LogP contribution is -2.05. The van der Waals surface area contributed by atoms with Crippen LogP contribution in [0, 0.1) is 13.8 Å². The van der Waals surface area contributed by atoms with Crippen molar-refractivity contribution in [2.45, 2.75) is 20.3 Å². The van der Waals surface area contributed by atoms with E-state index in [1.807, 2.05) is 44.2 Å². The molecule has 0 radical (unpaired) electrons. The molecule has 3 nitrogen and oxygen atoms in total. The maximum Gasteiger partial charge on any atom is 0.193 e. The van der Waals surface area contributed by atoms with Crippen molar-refractivity contribution in [2.75, 3.05) is 19.0 Å². The highest BCUT2D eigenvalue weighted by molar-refractivity contribution is 6.10. The Morgan fingerprint density at radius 3 is 2.71 bits per heavy atom. The van der Waals surface area contributed by atoms with E-state index in [1.54, 1.807) is 7.11 Å². The SMILES string of the molecule is COc1cc(C)c(C(=O)c2ccc3c(c2)NCC3)cc1C. The maximum absolute atomic E-state index is 12.8. The molecule has 0 fully saturated rings. The number of hydrogen-bond donors (Lipinski definition) is 1. The summed E-state index contributed by atoms with van der Waals surface area (Å²) < 4.78 is 5.31. The molecule has 0 saturated heterocycles. The van der Waals surface area contributed by atoms with Gasteiger partial charge >= 0.3 is 0 Å². The number of aryl methyl sites for hydroxylation is 2. The summed E-state index contributed by atoms with van der Waals surface area (Å²) in [6.45, 7) is 4.85. The van der Waals surface area contributed by atoms with Crippen LogP contribution < -0.4 is 10.1 Å². The van der Waals surface area contributed by atoms with Crippen LogP contribution >= 0.6 is 0 Å². The molecule has 2 aromatic rings. The largest absolute Gasteiger partial charge is 0.496 e. The van der Waals surface area contributed by atoms with Crippen molar-refractivity contribution >= 4 is 11.5 Å². The van der Waals surface area contributed by atoms with Crippen LogP contribution in [-0.2, 0) is 6.42 Å². The van der Waals surface area contributed by atoms with Gasteiger partial charge in [0.2, 0.25) is 0 Å². The molecule has 1 N–H and O–H groups in total. The van der Waals surface area contributed by atoms with Crippen molar-refractivity contribution in [3.63, 3.8) is 0 Å². The lowest BCUT2D eigenvalue weighted by molar-refractivity contribution is 0.103. The third kappa shape index (κ3) is 2.40. The second kappa shape index (κ2) is 5.24. The molecule has 3 rings (SSSR count). The van der Waals surface area contributed by atoms with Crippen molar-refractivity contribution in [1.29, 1.82) is 0 Å². The minimum Gasteiger partial charge on any atom is -0.496 e. The van der Waals surface area contributed by atoms with Crippen molar-refractivity contribution in [3.05, 3.63) is 58.1 Å². The van der Waals surface area contributed by atoms with Crippen LogP contribution in [0.3, 0.4) is 0 Å². The number of fused-ring (bicyclic) bond motifs is 1. The summed E-state index contributed by atoms with van der Waals surface area (Å²) in [6, 6.07) is 9.77. The van der Waals surface area contributed by atoms with Gasteiger partial charge in [-0.15, -0.1) is 0 Å². The highest BCUT2D eigenvalue weighted by Gasteiger charge is 2.17. The van der Waals surface area contributed by atoms with Crippen LogP contribution in [-0.4, -0.2) is 19.4 Å². The second-order valence-electron chi connectivity index (χ2n) is 5.51. The van der Waals surface area contributed by atoms with E-state index in [0.29, 0.717) is 0 Å². The number of carbonyl (C=O) groups is 1. The summed E-state index contributed by atoms with van der Waals surface area (Å²) in [5.41, 5.74) is 5.77. The molecule has 0 atom stereocenters. The Labute approximate surface area is 124 Å². The molecule has 1 aliphatic rings. The molecular formula is C18H19NO2. The first-order valence-electron chi connectivity index (χ1n) is 7.17. The zero-order chi connectivity index (χ0) is 15.0.